The monoisotopic (exact) mass is 407 g/mol. The number of hydrogen-bond donors (Lipinski definition) is 1. The summed E-state index contributed by atoms with van der Waals surface area (Å²) >= 11 is 2.93. The molecule has 7 nitrogen and oxygen atoms in total. The number of amides is 2. The quantitative estimate of drug-likeness (QED) is 0.678. The predicted octanol–water partition coefficient (Wildman–Crippen LogP) is 2.51. The van der Waals surface area contributed by atoms with Crippen LogP contribution in [0.5, 0.6) is 0 Å². The van der Waals surface area contributed by atoms with Gasteiger partial charge in [-0.1, -0.05) is 49.0 Å². The number of thioether (sulfide) groups is 2. The Kier molecular flexibility index (Phi) is 8.18. The maximum absolute atomic E-state index is 12.4. The van der Waals surface area contributed by atoms with Gasteiger partial charge in [-0.15, -0.1) is 5.10 Å². The second kappa shape index (κ2) is 10.4. The Bertz CT molecular complexity index is 764. The molecule has 2 rings (SSSR count). The lowest BCUT2D eigenvalue weighted by molar-refractivity contribution is -0.118. The Labute approximate surface area is 168 Å². The van der Waals surface area contributed by atoms with Crippen LogP contribution < -0.4 is 5.32 Å². The van der Waals surface area contributed by atoms with E-state index in [0.717, 1.165) is 5.56 Å². The van der Waals surface area contributed by atoms with Gasteiger partial charge in [-0.05, 0) is 11.8 Å². The molecule has 1 aromatic heterocycles. The zero-order valence-corrected chi connectivity index (χ0v) is 17.6. The molecule has 0 fully saturated rings. The number of aromatic nitrogens is 3. The molecule has 0 aliphatic rings. The molecule has 0 aliphatic carbocycles. The lowest BCUT2D eigenvalue weighted by Crippen LogP contribution is -2.29. The first-order valence-corrected chi connectivity index (χ1v) is 10.8. The van der Waals surface area contributed by atoms with Crippen molar-refractivity contribution in [2.75, 3.05) is 26.1 Å². The summed E-state index contributed by atoms with van der Waals surface area (Å²) in [6.07, 6.45) is 2.70. The van der Waals surface area contributed by atoms with Gasteiger partial charge >= 0.3 is 6.03 Å². The molecule has 0 spiro atoms. The first kappa shape index (κ1) is 21.3. The minimum Gasteiger partial charge on any atom is -0.351 e. The van der Waals surface area contributed by atoms with Crippen molar-refractivity contribution in [2.45, 2.75) is 30.3 Å². The van der Waals surface area contributed by atoms with Crippen molar-refractivity contribution in [3.63, 3.8) is 0 Å². The average Bonchev–Trinajstić information content (AvgIpc) is 3.07. The highest BCUT2D eigenvalue weighted by Gasteiger charge is 2.20. The largest absolute Gasteiger partial charge is 0.351 e. The van der Waals surface area contributed by atoms with E-state index in [-0.39, 0.29) is 17.7 Å². The van der Waals surface area contributed by atoms with Crippen LogP contribution >= 0.6 is 23.5 Å². The molecular weight excluding hydrogens is 382 g/mol. The van der Waals surface area contributed by atoms with Crippen LogP contribution in [-0.2, 0) is 17.8 Å². The van der Waals surface area contributed by atoms with Gasteiger partial charge in [0.05, 0.1) is 5.75 Å². The summed E-state index contributed by atoms with van der Waals surface area (Å²) in [5.41, 5.74) is 1.04. The van der Waals surface area contributed by atoms with Crippen molar-refractivity contribution < 1.29 is 9.59 Å². The van der Waals surface area contributed by atoms with Crippen LogP contribution in [0.2, 0.25) is 0 Å². The molecule has 0 saturated carbocycles. The molecule has 0 aliphatic heterocycles. The van der Waals surface area contributed by atoms with Crippen molar-refractivity contribution in [1.29, 1.82) is 0 Å². The molecule has 1 unspecified atom stereocenters. The molecule has 2 aromatic rings. The molecule has 27 heavy (non-hydrogen) atoms. The summed E-state index contributed by atoms with van der Waals surface area (Å²) in [4.78, 5) is 30.4. The van der Waals surface area contributed by atoms with E-state index in [1.54, 1.807) is 25.9 Å². The lowest BCUT2D eigenvalue weighted by atomic mass is 10.2. The number of rotatable bonds is 8. The molecule has 0 bridgehead atoms. The van der Waals surface area contributed by atoms with E-state index in [9.17, 15) is 9.59 Å². The Morgan fingerprint density at radius 2 is 1.96 bits per heavy atom. The third-order valence-electron chi connectivity index (χ3n) is 3.72. The first-order valence-electron chi connectivity index (χ1n) is 8.54. The molecule has 2 amide bonds. The van der Waals surface area contributed by atoms with Gasteiger partial charge in [-0.3, -0.25) is 4.79 Å². The molecule has 1 aromatic carbocycles. The van der Waals surface area contributed by atoms with Crippen molar-refractivity contribution >= 4 is 35.5 Å². The number of hydrogen-bond acceptors (Lipinski definition) is 6. The summed E-state index contributed by atoms with van der Waals surface area (Å²) < 4.78 is 1.28. The van der Waals surface area contributed by atoms with Crippen molar-refractivity contribution in [2.24, 2.45) is 0 Å². The van der Waals surface area contributed by atoms with Crippen LogP contribution in [0.1, 0.15) is 18.3 Å². The summed E-state index contributed by atoms with van der Waals surface area (Å²) in [5.74, 6) is 0.665. The van der Waals surface area contributed by atoms with Crippen molar-refractivity contribution in [3.8, 4) is 0 Å². The van der Waals surface area contributed by atoms with Gasteiger partial charge in [-0.2, -0.15) is 16.4 Å². The van der Waals surface area contributed by atoms with Crippen LogP contribution in [0.4, 0.5) is 4.79 Å². The van der Waals surface area contributed by atoms with E-state index in [4.69, 9.17) is 0 Å². The summed E-state index contributed by atoms with van der Waals surface area (Å²) in [6, 6.07) is 9.44. The van der Waals surface area contributed by atoms with Gasteiger partial charge in [0, 0.05) is 32.3 Å². The zero-order chi connectivity index (χ0) is 19.8. The maximum Gasteiger partial charge on any atom is 0.346 e. The normalized spacial score (nSPS) is 11.9. The predicted molar refractivity (Wildman–Crippen MR) is 110 cm³/mol. The van der Waals surface area contributed by atoms with Gasteiger partial charge in [0.1, 0.15) is 0 Å². The third-order valence-corrected chi connectivity index (χ3v) is 5.62. The Morgan fingerprint density at radius 3 is 2.59 bits per heavy atom. The highest BCUT2D eigenvalue weighted by atomic mass is 32.2. The molecule has 1 atom stereocenters. The van der Waals surface area contributed by atoms with Gasteiger partial charge in [0.2, 0.25) is 5.91 Å². The van der Waals surface area contributed by atoms with E-state index in [1.807, 2.05) is 36.6 Å². The summed E-state index contributed by atoms with van der Waals surface area (Å²) in [7, 11) is 3.32. The Balaban J connectivity index is 2.00. The molecule has 146 valence electrons. The fourth-order valence-corrected chi connectivity index (χ4v) is 3.24. The Morgan fingerprint density at radius 1 is 1.26 bits per heavy atom. The summed E-state index contributed by atoms with van der Waals surface area (Å²) in [6.45, 7) is 2.56. The first-order chi connectivity index (χ1) is 12.9. The van der Waals surface area contributed by atoms with Crippen LogP contribution in [0.25, 0.3) is 0 Å². The number of carbonyl (C=O) groups is 2. The number of carbonyl (C=O) groups excluding carboxylic acids is 2. The van der Waals surface area contributed by atoms with Crippen LogP contribution in [0, 0.1) is 0 Å². The van der Waals surface area contributed by atoms with Crippen molar-refractivity contribution in [3.05, 3.63) is 41.7 Å². The van der Waals surface area contributed by atoms with Crippen LogP contribution in [0.15, 0.2) is 35.5 Å². The number of nitrogens with one attached hydrogen (secondary N) is 1. The van der Waals surface area contributed by atoms with E-state index in [1.165, 1.54) is 21.3 Å². The Hall–Kier alpha value is -2.00. The molecular formula is C18H25N5O2S2. The number of benzene rings is 1. The average molecular weight is 408 g/mol. The minimum atomic E-state index is -0.280. The highest BCUT2D eigenvalue weighted by molar-refractivity contribution is 7.99. The van der Waals surface area contributed by atoms with Crippen LogP contribution in [-0.4, -0.2) is 63.0 Å². The molecule has 1 heterocycles. The van der Waals surface area contributed by atoms with Gasteiger partial charge in [-0.25, -0.2) is 9.78 Å². The second-order valence-corrected chi connectivity index (χ2v) is 8.42. The topological polar surface area (TPSA) is 80.1 Å². The minimum absolute atomic E-state index is 0.116. The lowest BCUT2D eigenvalue weighted by Gasteiger charge is -2.11. The fraction of sp³-hybridized carbons (Fsp3) is 0.444. The number of nitrogens with zero attached hydrogens (tertiary/aromatic N) is 4. The van der Waals surface area contributed by atoms with Crippen molar-refractivity contribution in [1.82, 2.24) is 25.0 Å². The van der Waals surface area contributed by atoms with E-state index < -0.39 is 0 Å². The zero-order valence-electron chi connectivity index (χ0n) is 16.0. The molecule has 1 N–H and O–H groups in total. The van der Waals surface area contributed by atoms with E-state index >= 15 is 0 Å². The van der Waals surface area contributed by atoms with E-state index in [2.05, 4.69) is 22.3 Å². The van der Waals surface area contributed by atoms with Gasteiger partial charge in [0.15, 0.2) is 11.0 Å². The molecule has 9 heteroatoms. The van der Waals surface area contributed by atoms with Gasteiger partial charge in [0.25, 0.3) is 0 Å². The SMILES string of the molecule is CSC(C)Cc1nc(SCC(=O)NCc2ccccc2)n(C(=O)N(C)C)n1. The fourth-order valence-electron chi connectivity index (χ4n) is 2.15. The smallest absolute Gasteiger partial charge is 0.346 e. The second-order valence-electron chi connectivity index (χ2n) is 6.20. The molecule has 0 saturated heterocycles. The summed E-state index contributed by atoms with van der Waals surface area (Å²) in [5, 5.41) is 8.00. The third kappa shape index (κ3) is 6.59. The standard InChI is InChI=1S/C18H25N5O2S2/c1-13(26-4)10-15-20-17(23(21-15)18(25)22(2)3)27-12-16(24)19-11-14-8-6-5-7-9-14/h5-9,13H,10-12H2,1-4H3,(H,19,24). The van der Waals surface area contributed by atoms with Crippen LogP contribution in [0.3, 0.4) is 0 Å². The highest BCUT2D eigenvalue weighted by Crippen LogP contribution is 2.18. The van der Waals surface area contributed by atoms with Gasteiger partial charge < -0.3 is 10.2 Å². The molecule has 0 radical (unpaired) electrons. The van der Waals surface area contributed by atoms with E-state index in [0.29, 0.717) is 29.2 Å². The maximum atomic E-state index is 12.4.